The van der Waals surface area contributed by atoms with E-state index < -0.39 is 0 Å². The molecule has 0 fully saturated rings. The summed E-state index contributed by atoms with van der Waals surface area (Å²) in [4.78, 5) is 4.45. The molecular weight excluding hydrogens is 266 g/mol. The maximum Gasteiger partial charge on any atom is 0.228 e. The van der Waals surface area contributed by atoms with E-state index in [9.17, 15) is 0 Å². The lowest BCUT2D eigenvalue weighted by Crippen LogP contribution is -1.77. The molecule has 3 rings (SSSR count). The molecular formula is C13H8BrNO. The van der Waals surface area contributed by atoms with Gasteiger partial charge in [0, 0.05) is 4.47 Å². The molecule has 0 aliphatic carbocycles. The molecule has 3 aromatic rings. The Kier molecular flexibility index (Phi) is 2.26. The lowest BCUT2D eigenvalue weighted by molar-refractivity contribution is 0.619. The Balaban J connectivity index is 2.23. The zero-order valence-corrected chi connectivity index (χ0v) is 9.94. The molecule has 0 aliphatic rings. The van der Waals surface area contributed by atoms with E-state index in [0.717, 1.165) is 21.1 Å². The van der Waals surface area contributed by atoms with Crippen LogP contribution in [0.25, 0.3) is 22.6 Å². The summed E-state index contributed by atoms with van der Waals surface area (Å²) in [5, 5.41) is 0. The van der Waals surface area contributed by atoms with Crippen molar-refractivity contribution in [3.8, 4) is 11.5 Å². The summed E-state index contributed by atoms with van der Waals surface area (Å²) in [6.45, 7) is 0. The van der Waals surface area contributed by atoms with Crippen molar-refractivity contribution >= 4 is 27.0 Å². The third-order valence-electron chi connectivity index (χ3n) is 2.40. The molecule has 0 saturated heterocycles. The second kappa shape index (κ2) is 3.76. The zero-order valence-electron chi connectivity index (χ0n) is 8.35. The highest BCUT2D eigenvalue weighted by molar-refractivity contribution is 9.10. The van der Waals surface area contributed by atoms with Crippen LogP contribution in [0.5, 0.6) is 0 Å². The average molecular weight is 274 g/mol. The van der Waals surface area contributed by atoms with E-state index in [0.29, 0.717) is 5.89 Å². The van der Waals surface area contributed by atoms with E-state index in [1.807, 2.05) is 48.5 Å². The van der Waals surface area contributed by atoms with Gasteiger partial charge < -0.3 is 4.42 Å². The van der Waals surface area contributed by atoms with Gasteiger partial charge in [0.25, 0.3) is 0 Å². The van der Waals surface area contributed by atoms with Gasteiger partial charge in [0.05, 0.1) is 5.56 Å². The highest BCUT2D eigenvalue weighted by Crippen LogP contribution is 2.29. The van der Waals surface area contributed by atoms with E-state index in [4.69, 9.17) is 4.42 Å². The van der Waals surface area contributed by atoms with Crippen LogP contribution in [-0.2, 0) is 0 Å². The monoisotopic (exact) mass is 273 g/mol. The van der Waals surface area contributed by atoms with Crippen molar-refractivity contribution in [1.82, 2.24) is 4.98 Å². The molecule has 0 saturated carbocycles. The number of halogens is 1. The molecule has 0 amide bonds. The molecule has 0 N–H and O–H groups in total. The van der Waals surface area contributed by atoms with Gasteiger partial charge >= 0.3 is 0 Å². The number of fused-ring (bicyclic) bond motifs is 1. The zero-order chi connectivity index (χ0) is 11.0. The van der Waals surface area contributed by atoms with E-state index in [1.54, 1.807) is 0 Å². The first-order valence-corrected chi connectivity index (χ1v) is 5.74. The minimum atomic E-state index is 0.647. The topological polar surface area (TPSA) is 26.0 Å². The lowest BCUT2D eigenvalue weighted by Gasteiger charge is -1.97. The SMILES string of the molecule is Brc1ccccc1-c1nc2ccccc2o1. The number of hydrogen-bond donors (Lipinski definition) is 0. The molecule has 78 valence electrons. The van der Waals surface area contributed by atoms with Crippen LogP contribution in [0, 0.1) is 0 Å². The van der Waals surface area contributed by atoms with Crippen molar-refractivity contribution in [1.29, 1.82) is 0 Å². The number of hydrogen-bond acceptors (Lipinski definition) is 2. The smallest absolute Gasteiger partial charge is 0.228 e. The molecule has 0 aliphatic heterocycles. The normalized spacial score (nSPS) is 10.8. The van der Waals surface area contributed by atoms with Crippen LogP contribution in [0.3, 0.4) is 0 Å². The summed E-state index contributed by atoms with van der Waals surface area (Å²) in [7, 11) is 0. The van der Waals surface area contributed by atoms with E-state index in [-0.39, 0.29) is 0 Å². The summed E-state index contributed by atoms with van der Waals surface area (Å²) >= 11 is 3.49. The summed E-state index contributed by atoms with van der Waals surface area (Å²) < 4.78 is 6.68. The highest BCUT2D eigenvalue weighted by Gasteiger charge is 2.09. The van der Waals surface area contributed by atoms with E-state index >= 15 is 0 Å². The number of nitrogens with zero attached hydrogens (tertiary/aromatic N) is 1. The Bertz CT molecular complexity index is 612. The van der Waals surface area contributed by atoms with Crippen LogP contribution in [0.15, 0.2) is 57.4 Å². The van der Waals surface area contributed by atoms with E-state index in [2.05, 4.69) is 20.9 Å². The van der Waals surface area contributed by atoms with Crippen molar-refractivity contribution < 1.29 is 4.42 Å². The highest BCUT2D eigenvalue weighted by atomic mass is 79.9. The largest absolute Gasteiger partial charge is 0.436 e. The minimum Gasteiger partial charge on any atom is -0.436 e. The fourth-order valence-corrected chi connectivity index (χ4v) is 2.08. The first-order chi connectivity index (χ1) is 7.84. The standard InChI is InChI=1S/C13H8BrNO/c14-10-6-2-1-5-9(10)13-15-11-7-3-4-8-12(11)16-13/h1-8H. The van der Waals surface area contributed by atoms with Crippen molar-refractivity contribution in [2.75, 3.05) is 0 Å². The molecule has 0 spiro atoms. The maximum absolute atomic E-state index is 5.69. The predicted molar refractivity (Wildman–Crippen MR) is 67.1 cm³/mol. The van der Waals surface area contributed by atoms with Crippen LogP contribution in [0.4, 0.5) is 0 Å². The molecule has 3 heteroatoms. The van der Waals surface area contributed by atoms with Crippen LogP contribution < -0.4 is 0 Å². The van der Waals surface area contributed by atoms with Crippen molar-refractivity contribution in [3.63, 3.8) is 0 Å². The van der Waals surface area contributed by atoms with Gasteiger partial charge in [-0.25, -0.2) is 4.98 Å². The minimum absolute atomic E-state index is 0.647. The first-order valence-electron chi connectivity index (χ1n) is 4.95. The van der Waals surface area contributed by atoms with Gasteiger partial charge in [0.15, 0.2) is 5.58 Å². The van der Waals surface area contributed by atoms with Gasteiger partial charge in [-0.05, 0) is 40.2 Å². The van der Waals surface area contributed by atoms with Gasteiger partial charge in [0.2, 0.25) is 5.89 Å². The Labute approximate surface area is 101 Å². The molecule has 0 radical (unpaired) electrons. The quantitative estimate of drug-likeness (QED) is 0.662. The second-order valence-electron chi connectivity index (χ2n) is 3.47. The van der Waals surface area contributed by atoms with Crippen molar-refractivity contribution in [2.45, 2.75) is 0 Å². The van der Waals surface area contributed by atoms with Gasteiger partial charge in [-0.1, -0.05) is 24.3 Å². The van der Waals surface area contributed by atoms with Crippen molar-refractivity contribution in [2.24, 2.45) is 0 Å². The Hall–Kier alpha value is -1.61. The number of aromatic nitrogens is 1. The summed E-state index contributed by atoms with van der Waals surface area (Å²) in [5.41, 5.74) is 2.67. The Morgan fingerprint density at radius 2 is 1.69 bits per heavy atom. The lowest BCUT2D eigenvalue weighted by atomic mass is 10.2. The first kappa shape index (κ1) is 9.60. The molecule has 0 unspecified atom stereocenters. The molecule has 16 heavy (non-hydrogen) atoms. The number of benzene rings is 2. The maximum atomic E-state index is 5.69. The molecule has 2 aromatic carbocycles. The Morgan fingerprint density at radius 3 is 2.50 bits per heavy atom. The number of oxazole rings is 1. The summed E-state index contributed by atoms with van der Waals surface area (Å²) in [5.74, 6) is 0.647. The van der Waals surface area contributed by atoms with Crippen molar-refractivity contribution in [3.05, 3.63) is 53.0 Å². The van der Waals surface area contributed by atoms with Crippen LogP contribution in [0.2, 0.25) is 0 Å². The molecule has 0 atom stereocenters. The second-order valence-corrected chi connectivity index (χ2v) is 4.32. The molecule has 2 nitrogen and oxygen atoms in total. The van der Waals surface area contributed by atoms with Gasteiger partial charge in [-0.15, -0.1) is 0 Å². The van der Waals surface area contributed by atoms with Crippen LogP contribution in [-0.4, -0.2) is 4.98 Å². The third kappa shape index (κ3) is 1.53. The predicted octanol–water partition coefficient (Wildman–Crippen LogP) is 4.26. The van der Waals surface area contributed by atoms with Gasteiger partial charge in [-0.2, -0.15) is 0 Å². The van der Waals surface area contributed by atoms with Crippen LogP contribution >= 0.6 is 15.9 Å². The number of rotatable bonds is 1. The average Bonchev–Trinajstić information content (AvgIpc) is 2.73. The summed E-state index contributed by atoms with van der Waals surface area (Å²) in [6, 6.07) is 15.7. The van der Waals surface area contributed by atoms with E-state index in [1.165, 1.54) is 0 Å². The Morgan fingerprint density at radius 1 is 0.938 bits per heavy atom. The van der Waals surface area contributed by atoms with Gasteiger partial charge in [0.1, 0.15) is 5.52 Å². The fraction of sp³-hybridized carbons (Fsp3) is 0. The van der Waals surface area contributed by atoms with Gasteiger partial charge in [-0.3, -0.25) is 0 Å². The fourth-order valence-electron chi connectivity index (χ4n) is 1.62. The molecule has 1 heterocycles. The third-order valence-corrected chi connectivity index (χ3v) is 3.09. The summed E-state index contributed by atoms with van der Waals surface area (Å²) in [6.07, 6.45) is 0. The molecule has 1 aromatic heterocycles. The molecule has 0 bridgehead atoms. The van der Waals surface area contributed by atoms with Crippen LogP contribution in [0.1, 0.15) is 0 Å². The number of para-hydroxylation sites is 2.